The van der Waals surface area contributed by atoms with Crippen LogP contribution >= 0.6 is 11.6 Å². The number of nitriles is 1. The van der Waals surface area contributed by atoms with Crippen LogP contribution in [0.4, 0.5) is 0 Å². The third kappa shape index (κ3) is 3.15. The lowest BCUT2D eigenvalue weighted by Gasteiger charge is -2.33. The van der Waals surface area contributed by atoms with Gasteiger partial charge in [0.1, 0.15) is 6.07 Å². The van der Waals surface area contributed by atoms with Crippen molar-refractivity contribution in [2.45, 2.75) is 6.54 Å². The molecule has 1 aromatic carbocycles. The molecule has 2 aliphatic rings. The van der Waals surface area contributed by atoms with Crippen molar-refractivity contribution in [2.75, 3.05) is 19.6 Å². The monoisotopic (exact) mass is 390 g/mol. The maximum Gasteiger partial charge on any atom is 0.153 e. The molecule has 1 aromatic heterocycles. The lowest BCUT2D eigenvalue weighted by Crippen LogP contribution is -2.40. The van der Waals surface area contributed by atoms with Gasteiger partial charge < -0.3 is 16.0 Å². The van der Waals surface area contributed by atoms with Gasteiger partial charge >= 0.3 is 0 Å². The Kier molecular flexibility index (Phi) is 5.11. The average Bonchev–Trinajstić information content (AvgIpc) is 3.22. The Balaban J connectivity index is 1.85. The summed E-state index contributed by atoms with van der Waals surface area (Å²) in [7, 11) is 0. The number of pyridine rings is 1. The molecule has 140 valence electrons. The number of hydrogen-bond acceptors (Lipinski definition) is 6. The summed E-state index contributed by atoms with van der Waals surface area (Å²) in [5.74, 6) is 0.761. The fraction of sp³-hybridized carbons (Fsp3) is 0.190. The molecule has 0 fully saturated rings. The second-order valence-electron chi connectivity index (χ2n) is 6.44. The molecule has 6 nitrogen and oxygen atoms in total. The van der Waals surface area contributed by atoms with Crippen molar-refractivity contribution in [3.63, 3.8) is 0 Å². The molecular weight excluding hydrogens is 372 g/mol. The zero-order chi connectivity index (χ0) is 19.5. The predicted octanol–water partition coefficient (Wildman–Crippen LogP) is 2.70. The molecule has 3 heterocycles. The van der Waals surface area contributed by atoms with Gasteiger partial charge in [0.05, 0.1) is 17.8 Å². The van der Waals surface area contributed by atoms with E-state index < -0.39 is 0 Å². The summed E-state index contributed by atoms with van der Waals surface area (Å²) in [5, 5.41) is 14.0. The van der Waals surface area contributed by atoms with E-state index in [9.17, 15) is 5.26 Å². The van der Waals surface area contributed by atoms with Gasteiger partial charge in [-0.15, -0.1) is 0 Å². The van der Waals surface area contributed by atoms with Crippen LogP contribution in [0.3, 0.4) is 0 Å². The molecule has 0 aliphatic carbocycles. The van der Waals surface area contributed by atoms with Gasteiger partial charge in [-0.3, -0.25) is 9.98 Å². The number of benzene rings is 1. The highest BCUT2D eigenvalue weighted by Gasteiger charge is 2.35. The zero-order valence-corrected chi connectivity index (χ0v) is 15.9. The van der Waals surface area contributed by atoms with Gasteiger partial charge in [-0.2, -0.15) is 5.26 Å². The van der Waals surface area contributed by atoms with Gasteiger partial charge in [-0.1, -0.05) is 35.9 Å². The minimum atomic E-state index is 0.292. The molecule has 0 saturated carbocycles. The first kappa shape index (κ1) is 18.2. The number of halogens is 1. The van der Waals surface area contributed by atoms with E-state index in [0.29, 0.717) is 35.9 Å². The number of nitrogens with one attached hydrogen (secondary N) is 1. The van der Waals surface area contributed by atoms with Crippen LogP contribution in [-0.4, -0.2) is 35.4 Å². The van der Waals surface area contributed by atoms with Crippen LogP contribution in [0.2, 0.25) is 5.02 Å². The maximum atomic E-state index is 10.1. The van der Waals surface area contributed by atoms with Gasteiger partial charge in [0.15, 0.2) is 5.84 Å². The molecule has 0 saturated heterocycles. The van der Waals surface area contributed by atoms with Crippen molar-refractivity contribution in [3.8, 4) is 6.07 Å². The molecule has 0 unspecified atom stereocenters. The fourth-order valence-electron chi connectivity index (χ4n) is 3.58. The molecule has 7 heteroatoms. The highest BCUT2D eigenvalue weighted by molar-refractivity contribution is 6.33. The van der Waals surface area contributed by atoms with Gasteiger partial charge in [0, 0.05) is 53.9 Å². The van der Waals surface area contributed by atoms with Crippen LogP contribution < -0.4 is 11.1 Å². The quantitative estimate of drug-likeness (QED) is 0.819. The molecule has 0 bridgehead atoms. The highest BCUT2D eigenvalue weighted by Crippen LogP contribution is 2.38. The first-order valence-electron chi connectivity index (χ1n) is 9.02. The van der Waals surface area contributed by atoms with Crippen LogP contribution in [0.1, 0.15) is 11.1 Å². The average molecular weight is 391 g/mol. The number of fused-ring (bicyclic) bond motifs is 1. The Bertz CT molecular complexity index is 1030. The molecule has 2 aliphatic heterocycles. The summed E-state index contributed by atoms with van der Waals surface area (Å²) >= 11 is 6.48. The number of aromatic nitrogens is 1. The van der Waals surface area contributed by atoms with Crippen molar-refractivity contribution in [3.05, 3.63) is 81.9 Å². The molecular formula is C21H19ClN6. The highest BCUT2D eigenvalue weighted by atomic mass is 35.5. The van der Waals surface area contributed by atoms with E-state index in [0.717, 1.165) is 34.8 Å². The number of nitrogens with two attached hydrogens (primary N) is 1. The summed E-state index contributed by atoms with van der Waals surface area (Å²) < 4.78 is 0. The number of rotatable bonds is 5. The van der Waals surface area contributed by atoms with Gasteiger partial charge in [-0.25, -0.2) is 0 Å². The maximum absolute atomic E-state index is 10.1. The number of hydrogen-bond donors (Lipinski definition) is 2. The van der Waals surface area contributed by atoms with E-state index in [1.54, 1.807) is 12.4 Å². The molecule has 0 radical (unpaired) electrons. The lowest BCUT2D eigenvalue weighted by atomic mass is 9.90. The summed E-state index contributed by atoms with van der Waals surface area (Å²) in [4.78, 5) is 10.9. The summed E-state index contributed by atoms with van der Waals surface area (Å²) in [5.41, 5.74) is 10.8. The van der Waals surface area contributed by atoms with Crippen molar-refractivity contribution >= 4 is 23.0 Å². The Hall–Kier alpha value is -3.14. The zero-order valence-electron chi connectivity index (χ0n) is 15.2. The van der Waals surface area contributed by atoms with Crippen LogP contribution in [-0.2, 0) is 6.54 Å². The number of aliphatic imine (C=N–C) groups is 1. The van der Waals surface area contributed by atoms with E-state index in [4.69, 9.17) is 17.3 Å². The number of amidine groups is 1. The molecule has 3 N–H and O–H groups in total. The van der Waals surface area contributed by atoms with E-state index in [-0.39, 0.29) is 0 Å². The molecule has 28 heavy (non-hydrogen) atoms. The van der Waals surface area contributed by atoms with Gasteiger partial charge in [0.2, 0.25) is 0 Å². The first-order valence-corrected chi connectivity index (χ1v) is 9.40. The van der Waals surface area contributed by atoms with Gasteiger partial charge in [-0.05, 0) is 17.7 Å². The van der Waals surface area contributed by atoms with Crippen LogP contribution in [0.25, 0.3) is 5.57 Å². The molecule has 4 rings (SSSR count). The van der Waals surface area contributed by atoms with Gasteiger partial charge in [0.25, 0.3) is 0 Å². The molecule has 0 amide bonds. The van der Waals surface area contributed by atoms with Crippen LogP contribution in [0.5, 0.6) is 0 Å². The van der Waals surface area contributed by atoms with E-state index in [1.807, 2.05) is 36.4 Å². The van der Waals surface area contributed by atoms with Crippen molar-refractivity contribution in [1.82, 2.24) is 15.2 Å². The standard InChI is InChI=1S/C21H19ClN6/c22-17-6-2-1-5-15(17)19-16(10-23)20(27-13-14-4-3-7-25-12-14)21-26-8-9-28(21)18(19)11-24/h1-7,12,27H,8-9,11,13,24H2. The summed E-state index contributed by atoms with van der Waals surface area (Å²) in [6, 6.07) is 13.8. The van der Waals surface area contributed by atoms with E-state index in [2.05, 4.69) is 26.3 Å². The number of nitrogens with zero attached hydrogens (tertiary/aromatic N) is 4. The van der Waals surface area contributed by atoms with E-state index in [1.165, 1.54) is 0 Å². The minimum Gasteiger partial charge on any atom is -0.377 e. The topological polar surface area (TPSA) is 90.3 Å². The second-order valence-corrected chi connectivity index (χ2v) is 6.85. The largest absolute Gasteiger partial charge is 0.377 e. The SMILES string of the molecule is N#CC1=C(NCc2cccnc2)C2=NCCN2C(CN)=C1c1ccccc1Cl. The van der Waals surface area contributed by atoms with Crippen molar-refractivity contribution in [2.24, 2.45) is 10.7 Å². The third-order valence-corrected chi connectivity index (χ3v) is 5.15. The molecule has 0 atom stereocenters. The third-order valence-electron chi connectivity index (χ3n) is 4.82. The first-order chi connectivity index (χ1) is 13.7. The molecule has 2 aromatic rings. The second kappa shape index (κ2) is 7.85. The van der Waals surface area contributed by atoms with Crippen molar-refractivity contribution in [1.29, 1.82) is 5.26 Å². The fourth-order valence-corrected chi connectivity index (χ4v) is 3.81. The lowest BCUT2D eigenvalue weighted by molar-refractivity contribution is 0.543. The smallest absolute Gasteiger partial charge is 0.153 e. The summed E-state index contributed by atoms with van der Waals surface area (Å²) in [6.45, 7) is 2.22. The summed E-state index contributed by atoms with van der Waals surface area (Å²) in [6.07, 6.45) is 3.53. The van der Waals surface area contributed by atoms with Crippen LogP contribution in [0, 0.1) is 11.3 Å². The minimum absolute atomic E-state index is 0.292. The van der Waals surface area contributed by atoms with Crippen molar-refractivity contribution < 1.29 is 0 Å². The normalized spacial score (nSPS) is 16.0. The Morgan fingerprint density at radius 2 is 2.11 bits per heavy atom. The Morgan fingerprint density at radius 1 is 1.25 bits per heavy atom. The Morgan fingerprint density at radius 3 is 2.82 bits per heavy atom. The molecule has 0 spiro atoms. The van der Waals surface area contributed by atoms with Crippen LogP contribution in [0.15, 0.2) is 70.8 Å². The predicted molar refractivity (Wildman–Crippen MR) is 110 cm³/mol. The Labute approximate surface area is 168 Å². The number of allylic oxidation sites excluding steroid dienone is 2. The van der Waals surface area contributed by atoms with E-state index >= 15 is 0 Å².